The van der Waals surface area contributed by atoms with Crippen LogP contribution in [0.2, 0.25) is 5.02 Å². The van der Waals surface area contributed by atoms with Crippen molar-refractivity contribution in [1.29, 1.82) is 0 Å². The van der Waals surface area contributed by atoms with Gasteiger partial charge in [-0.1, -0.05) is 18.5 Å². The van der Waals surface area contributed by atoms with Gasteiger partial charge >= 0.3 is 0 Å². The molecule has 1 heterocycles. The minimum atomic E-state index is -0.249. The van der Waals surface area contributed by atoms with Crippen LogP contribution in [0.1, 0.15) is 18.2 Å². The van der Waals surface area contributed by atoms with E-state index in [4.69, 9.17) is 11.6 Å². The van der Waals surface area contributed by atoms with E-state index in [1.807, 2.05) is 17.7 Å². The number of nitrogens with zero attached hydrogens (tertiary/aromatic N) is 2. The summed E-state index contributed by atoms with van der Waals surface area (Å²) in [5, 5.41) is 3.73. The third-order valence-electron chi connectivity index (χ3n) is 2.60. The predicted octanol–water partition coefficient (Wildman–Crippen LogP) is 2.83. The van der Waals surface area contributed by atoms with Crippen molar-refractivity contribution in [3.63, 3.8) is 0 Å². The molecule has 96 valence electrons. The van der Waals surface area contributed by atoms with Gasteiger partial charge in [-0.2, -0.15) is 0 Å². The highest BCUT2D eigenvalue weighted by Gasteiger charge is 2.05. The fourth-order valence-corrected chi connectivity index (χ4v) is 1.89. The van der Waals surface area contributed by atoms with Crippen molar-refractivity contribution in [1.82, 2.24) is 14.9 Å². The Hall–Kier alpha value is -1.39. The van der Waals surface area contributed by atoms with Crippen LogP contribution in [0.4, 0.5) is 4.39 Å². The summed E-state index contributed by atoms with van der Waals surface area (Å²) < 4.78 is 15.4. The molecule has 5 heteroatoms. The van der Waals surface area contributed by atoms with E-state index in [1.54, 1.807) is 18.5 Å². The summed E-state index contributed by atoms with van der Waals surface area (Å²) in [5.41, 5.74) is 1.51. The van der Waals surface area contributed by atoms with Gasteiger partial charge < -0.3 is 9.88 Å². The van der Waals surface area contributed by atoms with Crippen LogP contribution >= 0.6 is 11.6 Å². The van der Waals surface area contributed by atoms with Crippen LogP contribution in [-0.2, 0) is 13.1 Å². The molecule has 0 bridgehead atoms. The summed E-state index contributed by atoms with van der Waals surface area (Å²) in [6, 6.07) is 4.57. The molecule has 3 nitrogen and oxygen atoms in total. The minimum absolute atomic E-state index is 0.249. The molecule has 1 N–H and O–H groups in total. The normalized spacial score (nSPS) is 10.8. The Morgan fingerprint density at radius 2 is 2.28 bits per heavy atom. The van der Waals surface area contributed by atoms with Gasteiger partial charge in [0.2, 0.25) is 0 Å². The SMILES string of the molecule is CCNCc1cn(Cc2cc(Cl)ccc2F)cn1. The molecule has 0 saturated carbocycles. The number of aromatic nitrogens is 2. The smallest absolute Gasteiger partial charge is 0.128 e. The van der Waals surface area contributed by atoms with E-state index in [1.165, 1.54) is 6.07 Å². The number of imidazole rings is 1. The second-order valence-corrected chi connectivity index (χ2v) is 4.49. The molecule has 1 aromatic carbocycles. The Kier molecular flexibility index (Phi) is 4.33. The second kappa shape index (κ2) is 5.98. The molecule has 0 radical (unpaired) electrons. The number of halogens is 2. The molecule has 0 aliphatic carbocycles. The van der Waals surface area contributed by atoms with E-state index in [0.717, 1.165) is 18.8 Å². The van der Waals surface area contributed by atoms with Crippen molar-refractivity contribution in [2.45, 2.75) is 20.0 Å². The molecule has 1 aromatic heterocycles. The first-order chi connectivity index (χ1) is 8.69. The van der Waals surface area contributed by atoms with Gasteiger partial charge in [0.05, 0.1) is 18.6 Å². The lowest BCUT2D eigenvalue weighted by Crippen LogP contribution is -2.11. The summed E-state index contributed by atoms with van der Waals surface area (Å²) in [5.74, 6) is -0.249. The molecule has 0 unspecified atom stereocenters. The number of rotatable bonds is 5. The van der Waals surface area contributed by atoms with Gasteiger partial charge in [-0.25, -0.2) is 9.37 Å². The molecular weight excluding hydrogens is 253 g/mol. The van der Waals surface area contributed by atoms with Gasteiger partial charge in [0.1, 0.15) is 5.82 Å². The third-order valence-corrected chi connectivity index (χ3v) is 2.84. The average molecular weight is 268 g/mol. The van der Waals surface area contributed by atoms with Crippen molar-refractivity contribution >= 4 is 11.6 Å². The molecule has 0 aliphatic rings. The zero-order chi connectivity index (χ0) is 13.0. The van der Waals surface area contributed by atoms with Gasteiger partial charge in [-0.05, 0) is 24.7 Å². The molecule has 0 saturated heterocycles. The van der Waals surface area contributed by atoms with Crippen LogP contribution in [0.15, 0.2) is 30.7 Å². The third kappa shape index (κ3) is 3.31. The Morgan fingerprint density at radius 1 is 1.44 bits per heavy atom. The summed E-state index contributed by atoms with van der Waals surface area (Å²) in [4.78, 5) is 4.25. The fraction of sp³-hybridized carbons (Fsp3) is 0.308. The van der Waals surface area contributed by atoms with Crippen molar-refractivity contribution in [3.05, 3.63) is 52.8 Å². The van der Waals surface area contributed by atoms with Crippen molar-refractivity contribution in [2.75, 3.05) is 6.54 Å². The lowest BCUT2D eigenvalue weighted by atomic mass is 10.2. The van der Waals surface area contributed by atoms with E-state index in [2.05, 4.69) is 10.3 Å². The summed E-state index contributed by atoms with van der Waals surface area (Å²) >= 11 is 5.86. The van der Waals surface area contributed by atoms with Gasteiger partial charge in [0.15, 0.2) is 0 Å². The molecule has 18 heavy (non-hydrogen) atoms. The number of benzene rings is 1. The highest BCUT2D eigenvalue weighted by atomic mass is 35.5. The first-order valence-electron chi connectivity index (χ1n) is 5.84. The standard InChI is InChI=1S/C13H15ClFN3/c1-2-16-6-12-8-18(9-17-12)7-10-5-11(14)3-4-13(10)15/h3-5,8-9,16H,2,6-7H2,1H3. The minimum Gasteiger partial charge on any atom is -0.333 e. The molecule has 0 amide bonds. The maximum Gasteiger partial charge on any atom is 0.128 e. The van der Waals surface area contributed by atoms with E-state index in [9.17, 15) is 4.39 Å². The average Bonchev–Trinajstić information content (AvgIpc) is 2.79. The first-order valence-corrected chi connectivity index (χ1v) is 6.22. The number of hydrogen-bond donors (Lipinski definition) is 1. The van der Waals surface area contributed by atoms with E-state index >= 15 is 0 Å². The van der Waals surface area contributed by atoms with Crippen LogP contribution in [0.3, 0.4) is 0 Å². The van der Waals surface area contributed by atoms with Gasteiger partial charge in [0, 0.05) is 23.3 Å². The van der Waals surface area contributed by atoms with Crippen molar-refractivity contribution in [3.8, 4) is 0 Å². The zero-order valence-corrected chi connectivity index (χ0v) is 10.9. The van der Waals surface area contributed by atoms with Gasteiger partial charge in [0.25, 0.3) is 0 Å². The van der Waals surface area contributed by atoms with Gasteiger partial charge in [-0.15, -0.1) is 0 Å². The van der Waals surface area contributed by atoms with Crippen molar-refractivity contribution in [2.24, 2.45) is 0 Å². The molecular formula is C13H15ClFN3. The van der Waals surface area contributed by atoms with Crippen LogP contribution in [0.25, 0.3) is 0 Å². The number of nitrogens with one attached hydrogen (secondary N) is 1. The van der Waals surface area contributed by atoms with Crippen LogP contribution in [0, 0.1) is 5.82 Å². The van der Waals surface area contributed by atoms with Gasteiger partial charge in [-0.3, -0.25) is 0 Å². The molecule has 0 aliphatic heterocycles. The lowest BCUT2D eigenvalue weighted by Gasteiger charge is -2.04. The molecule has 2 aromatic rings. The molecule has 2 rings (SSSR count). The van der Waals surface area contributed by atoms with E-state index in [0.29, 0.717) is 17.1 Å². The quantitative estimate of drug-likeness (QED) is 0.903. The van der Waals surface area contributed by atoms with Crippen LogP contribution < -0.4 is 5.32 Å². The maximum atomic E-state index is 13.6. The first kappa shape index (κ1) is 13.1. The second-order valence-electron chi connectivity index (χ2n) is 4.05. The molecule has 0 spiro atoms. The van der Waals surface area contributed by atoms with E-state index < -0.39 is 0 Å². The van der Waals surface area contributed by atoms with Crippen LogP contribution in [-0.4, -0.2) is 16.1 Å². The van der Waals surface area contributed by atoms with Crippen molar-refractivity contribution < 1.29 is 4.39 Å². The molecule has 0 atom stereocenters. The Bertz CT molecular complexity index is 525. The lowest BCUT2D eigenvalue weighted by molar-refractivity contribution is 0.599. The highest BCUT2D eigenvalue weighted by Crippen LogP contribution is 2.16. The monoisotopic (exact) mass is 267 g/mol. The maximum absolute atomic E-state index is 13.6. The summed E-state index contributed by atoms with van der Waals surface area (Å²) in [6.45, 7) is 4.10. The molecule has 0 fully saturated rings. The largest absolute Gasteiger partial charge is 0.333 e. The fourth-order valence-electron chi connectivity index (χ4n) is 1.70. The Labute approximate surface area is 111 Å². The summed E-state index contributed by atoms with van der Waals surface area (Å²) in [7, 11) is 0. The van der Waals surface area contributed by atoms with E-state index in [-0.39, 0.29) is 5.82 Å². The number of hydrogen-bond acceptors (Lipinski definition) is 2. The highest BCUT2D eigenvalue weighted by molar-refractivity contribution is 6.30. The summed E-state index contributed by atoms with van der Waals surface area (Å²) in [6.07, 6.45) is 3.61. The topological polar surface area (TPSA) is 29.9 Å². The predicted molar refractivity (Wildman–Crippen MR) is 70.1 cm³/mol. The zero-order valence-electron chi connectivity index (χ0n) is 10.2. The Morgan fingerprint density at radius 3 is 3.06 bits per heavy atom. The van der Waals surface area contributed by atoms with Crippen LogP contribution in [0.5, 0.6) is 0 Å². The Balaban J connectivity index is 2.08.